The maximum atomic E-state index is 9.32. The minimum atomic E-state index is 0.0908. The number of para-hydroxylation sites is 2. The highest BCUT2D eigenvalue weighted by Crippen LogP contribution is 2.26. The van der Waals surface area contributed by atoms with E-state index in [0.29, 0.717) is 13.1 Å². The van der Waals surface area contributed by atoms with E-state index in [4.69, 9.17) is 10.1 Å². The van der Waals surface area contributed by atoms with Gasteiger partial charge in [-0.3, -0.25) is 4.90 Å². The number of hydrogen-bond donors (Lipinski definition) is 2. The number of benzene rings is 1. The average molecular weight is 277 g/mol. The molecular weight excluding hydrogens is 254 g/mol. The molecule has 20 heavy (non-hydrogen) atoms. The van der Waals surface area contributed by atoms with E-state index < -0.39 is 0 Å². The SMILES string of the molecule is CCC(c1nc2ccccc2n1CCO)N(C)CCO. The normalized spacial score (nSPS) is 13.2. The highest BCUT2D eigenvalue weighted by atomic mass is 16.3. The number of nitrogens with zero attached hydrogens (tertiary/aromatic N) is 3. The summed E-state index contributed by atoms with van der Waals surface area (Å²) in [5.41, 5.74) is 2.00. The molecule has 0 radical (unpaired) electrons. The molecule has 0 saturated heterocycles. The second-order valence-electron chi connectivity index (χ2n) is 4.96. The first kappa shape index (κ1) is 15.0. The van der Waals surface area contributed by atoms with E-state index in [-0.39, 0.29) is 19.3 Å². The molecule has 1 heterocycles. The van der Waals surface area contributed by atoms with Gasteiger partial charge in [-0.25, -0.2) is 4.98 Å². The van der Waals surface area contributed by atoms with Crippen molar-refractivity contribution >= 4 is 11.0 Å². The number of aliphatic hydroxyl groups is 2. The fourth-order valence-corrected chi connectivity index (χ4v) is 2.69. The van der Waals surface area contributed by atoms with Crippen LogP contribution in [0.15, 0.2) is 24.3 Å². The maximum Gasteiger partial charge on any atom is 0.127 e. The summed E-state index contributed by atoms with van der Waals surface area (Å²) in [6.45, 7) is 3.49. The van der Waals surface area contributed by atoms with Crippen molar-refractivity contribution in [3.63, 3.8) is 0 Å². The van der Waals surface area contributed by atoms with Crippen LogP contribution in [0.4, 0.5) is 0 Å². The first-order valence-corrected chi connectivity index (χ1v) is 7.10. The Morgan fingerprint density at radius 1 is 1.25 bits per heavy atom. The summed E-state index contributed by atoms with van der Waals surface area (Å²) in [6.07, 6.45) is 0.908. The average Bonchev–Trinajstić information content (AvgIpc) is 2.80. The van der Waals surface area contributed by atoms with E-state index in [0.717, 1.165) is 23.3 Å². The smallest absolute Gasteiger partial charge is 0.127 e. The van der Waals surface area contributed by atoms with Gasteiger partial charge < -0.3 is 14.8 Å². The molecule has 2 rings (SSSR count). The first-order valence-electron chi connectivity index (χ1n) is 7.10. The molecule has 0 aliphatic carbocycles. The summed E-state index contributed by atoms with van der Waals surface area (Å²) in [7, 11) is 1.99. The molecule has 2 aromatic rings. The van der Waals surface area contributed by atoms with Crippen LogP contribution in [0.3, 0.4) is 0 Å². The van der Waals surface area contributed by atoms with Gasteiger partial charge in [0.15, 0.2) is 0 Å². The Hall–Kier alpha value is -1.43. The van der Waals surface area contributed by atoms with Gasteiger partial charge in [0.1, 0.15) is 5.82 Å². The van der Waals surface area contributed by atoms with Crippen LogP contribution in [0.25, 0.3) is 11.0 Å². The summed E-state index contributed by atoms with van der Waals surface area (Å²) in [5.74, 6) is 0.957. The zero-order valence-corrected chi connectivity index (χ0v) is 12.2. The number of likely N-dealkylation sites (N-methyl/N-ethyl adjacent to an activating group) is 1. The van der Waals surface area contributed by atoms with Crippen LogP contribution in [0.1, 0.15) is 25.2 Å². The van der Waals surface area contributed by atoms with Crippen LogP contribution in [0, 0.1) is 0 Å². The Bertz CT molecular complexity index is 553. The van der Waals surface area contributed by atoms with Crippen LogP contribution in [0.2, 0.25) is 0 Å². The van der Waals surface area contributed by atoms with Gasteiger partial charge in [0.25, 0.3) is 0 Å². The molecule has 0 fully saturated rings. The standard InChI is InChI=1S/C15H23N3O2/c1-3-13(17(2)8-10-19)15-16-12-6-4-5-7-14(12)18(15)9-11-20/h4-7,13,19-20H,3,8-11H2,1-2H3. The second kappa shape index (κ2) is 6.83. The third kappa shape index (κ3) is 2.85. The lowest BCUT2D eigenvalue weighted by Crippen LogP contribution is -2.29. The molecule has 0 saturated carbocycles. The minimum absolute atomic E-state index is 0.0908. The summed E-state index contributed by atoms with van der Waals surface area (Å²) in [5, 5.41) is 18.4. The minimum Gasteiger partial charge on any atom is -0.395 e. The Balaban J connectivity index is 2.47. The summed E-state index contributed by atoms with van der Waals surface area (Å²) >= 11 is 0. The molecule has 5 heteroatoms. The molecule has 2 N–H and O–H groups in total. The Labute approximate surface area is 119 Å². The van der Waals surface area contributed by atoms with E-state index in [9.17, 15) is 5.11 Å². The largest absolute Gasteiger partial charge is 0.395 e. The van der Waals surface area contributed by atoms with Crippen molar-refractivity contribution in [2.75, 3.05) is 26.8 Å². The lowest BCUT2D eigenvalue weighted by molar-refractivity contribution is 0.168. The number of imidazole rings is 1. The third-order valence-electron chi connectivity index (χ3n) is 3.68. The highest BCUT2D eigenvalue weighted by Gasteiger charge is 2.21. The molecule has 0 amide bonds. The van der Waals surface area contributed by atoms with Gasteiger partial charge >= 0.3 is 0 Å². The number of rotatable bonds is 7. The van der Waals surface area contributed by atoms with Crippen LogP contribution >= 0.6 is 0 Å². The van der Waals surface area contributed by atoms with Gasteiger partial charge in [0, 0.05) is 13.1 Å². The molecule has 1 unspecified atom stereocenters. The number of hydrogen-bond acceptors (Lipinski definition) is 4. The monoisotopic (exact) mass is 277 g/mol. The third-order valence-corrected chi connectivity index (χ3v) is 3.68. The van der Waals surface area contributed by atoms with E-state index >= 15 is 0 Å². The maximum absolute atomic E-state index is 9.32. The Morgan fingerprint density at radius 2 is 2.00 bits per heavy atom. The molecule has 1 atom stereocenters. The Morgan fingerprint density at radius 3 is 2.65 bits per heavy atom. The van der Waals surface area contributed by atoms with Gasteiger partial charge in [-0.05, 0) is 25.6 Å². The first-order chi connectivity index (χ1) is 9.72. The van der Waals surface area contributed by atoms with E-state index in [1.807, 2.05) is 31.3 Å². The van der Waals surface area contributed by atoms with E-state index in [2.05, 4.69) is 16.4 Å². The number of fused-ring (bicyclic) bond motifs is 1. The van der Waals surface area contributed by atoms with Crippen molar-refractivity contribution in [2.24, 2.45) is 0 Å². The second-order valence-corrected chi connectivity index (χ2v) is 4.96. The zero-order valence-electron chi connectivity index (χ0n) is 12.2. The van der Waals surface area contributed by atoms with Crippen LogP contribution < -0.4 is 0 Å². The molecule has 0 spiro atoms. The van der Waals surface area contributed by atoms with Crippen molar-refractivity contribution in [1.29, 1.82) is 0 Å². The summed E-state index contributed by atoms with van der Waals surface area (Å²) in [4.78, 5) is 6.84. The predicted molar refractivity (Wildman–Crippen MR) is 79.6 cm³/mol. The number of aliphatic hydroxyl groups excluding tert-OH is 2. The van der Waals surface area contributed by atoms with Crippen molar-refractivity contribution in [1.82, 2.24) is 14.5 Å². The van der Waals surface area contributed by atoms with Crippen molar-refractivity contribution in [2.45, 2.75) is 25.9 Å². The topological polar surface area (TPSA) is 61.5 Å². The van der Waals surface area contributed by atoms with Gasteiger partial charge in [0.2, 0.25) is 0 Å². The van der Waals surface area contributed by atoms with Crippen molar-refractivity contribution < 1.29 is 10.2 Å². The van der Waals surface area contributed by atoms with E-state index in [1.54, 1.807) is 0 Å². The van der Waals surface area contributed by atoms with Crippen molar-refractivity contribution in [3.8, 4) is 0 Å². The zero-order chi connectivity index (χ0) is 14.5. The fourth-order valence-electron chi connectivity index (χ4n) is 2.69. The van der Waals surface area contributed by atoms with Gasteiger partial charge in [0.05, 0.1) is 30.3 Å². The molecule has 0 bridgehead atoms. The van der Waals surface area contributed by atoms with Crippen LogP contribution in [-0.2, 0) is 6.54 Å². The molecule has 1 aromatic carbocycles. The van der Waals surface area contributed by atoms with Gasteiger partial charge in [-0.2, -0.15) is 0 Å². The lowest BCUT2D eigenvalue weighted by Gasteiger charge is -2.26. The quantitative estimate of drug-likeness (QED) is 0.803. The van der Waals surface area contributed by atoms with Crippen molar-refractivity contribution in [3.05, 3.63) is 30.1 Å². The molecular formula is C15H23N3O2. The summed E-state index contributed by atoms with van der Waals surface area (Å²) < 4.78 is 2.08. The lowest BCUT2D eigenvalue weighted by atomic mass is 10.2. The molecule has 5 nitrogen and oxygen atoms in total. The fraction of sp³-hybridized carbons (Fsp3) is 0.533. The molecule has 0 aliphatic rings. The van der Waals surface area contributed by atoms with Gasteiger partial charge in [-0.15, -0.1) is 0 Å². The van der Waals surface area contributed by atoms with Gasteiger partial charge in [-0.1, -0.05) is 19.1 Å². The molecule has 0 aliphatic heterocycles. The summed E-state index contributed by atoms with van der Waals surface area (Å²) in [6, 6.07) is 8.12. The van der Waals surface area contributed by atoms with E-state index in [1.165, 1.54) is 0 Å². The number of aromatic nitrogens is 2. The highest BCUT2D eigenvalue weighted by molar-refractivity contribution is 5.76. The predicted octanol–water partition coefficient (Wildman–Crippen LogP) is 1.40. The molecule has 110 valence electrons. The van der Waals surface area contributed by atoms with Crippen LogP contribution in [-0.4, -0.2) is 51.5 Å². The molecule has 1 aromatic heterocycles. The Kier molecular flexibility index (Phi) is 5.11. The van der Waals surface area contributed by atoms with Crippen LogP contribution in [0.5, 0.6) is 0 Å².